The van der Waals surface area contributed by atoms with Crippen LogP contribution in [-0.2, 0) is 0 Å². The highest BCUT2D eigenvalue weighted by molar-refractivity contribution is 6.31. The van der Waals surface area contributed by atoms with E-state index in [1.807, 2.05) is 24.3 Å². The first kappa shape index (κ1) is 13.8. The standard InChI is InChI=1S/C16H14ClNO3/c1-20-11-4-2-3-9(5-11)15-8-14(19)12-6-10(17)7-13(18)16(12)21-15/h2-7,15H,8,18H2,1H3. The Kier molecular flexibility index (Phi) is 3.47. The van der Waals surface area contributed by atoms with E-state index in [-0.39, 0.29) is 18.3 Å². The number of methoxy groups -OCH3 is 1. The first-order valence-electron chi connectivity index (χ1n) is 6.51. The van der Waals surface area contributed by atoms with Crippen molar-refractivity contribution >= 4 is 23.1 Å². The molecule has 0 saturated heterocycles. The fourth-order valence-corrected chi connectivity index (χ4v) is 2.67. The molecule has 3 rings (SSSR count). The number of halogens is 1. The van der Waals surface area contributed by atoms with E-state index in [0.717, 1.165) is 11.3 Å². The van der Waals surface area contributed by atoms with Gasteiger partial charge in [0.1, 0.15) is 11.9 Å². The number of anilines is 1. The highest BCUT2D eigenvalue weighted by Crippen LogP contribution is 2.40. The zero-order valence-corrected chi connectivity index (χ0v) is 12.2. The minimum absolute atomic E-state index is 0.0294. The van der Waals surface area contributed by atoms with E-state index in [1.54, 1.807) is 19.2 Å². The number of nitrogens with two attached hydrogens (primary N) is 1. The summed E-state index contributed by atoms with van der Waals surface area (Å²) in [5.41, 5.74) is 7.61. The molecule has 2 N–H and O–H groups in total. The average Bonchev–Trinajstić information content (AvgIpc) is 2.48. The highest BCUT2D eigenvalue weighted by atomic mass is 35.5. The molecule has 5 heteroatoms. The van der Waals surface area contributed by atoms with Gasteiger partial charge in [-0.1, -0.05) is 23.7 Å². The molecule has 21 heavy (non-hydrogen) atoms. The molecule has 2 aromatic rings. The Morgan fingerprint density at radius 1 is 1.33 bits per heavy atom. The number of nitrogen functional groups attached to an aromatic ring is 1. The number of carbonyl (C=O) groups excluding carboxylic acids is 1. The Hall–Kier alpha value is -2.20. The van der Waals surface area contributed by atoms with Gasteiger partial charge >= 0.3 is 0 Å². The van der Waals surface area contributed by atoms with E-state index in [2.05, 4.69) is 0 Å². The molecular weight excluding hydrogens is 290 g/mol. The van der Waals surface area contributed by atoms with E-state index in [0.29, 0.717) is 22.0 Å². The Bertz CT molecular complexity index is 715. The fourth-order valence-electron chi connectivity index (χ4n) is 2.44. The van der Waals surface area contributed by atoms with Crippen molar-refractivity contribution in [3.8, 4) is 11.5 Å². The fraction of sp³-hybridized carbons (Fsp3) is 0.188. The van der Waals surface area contributed by atoms with E-state index < -0.39 is 0 Å². The van der Waals surface area contributed by atoms with Crippen molar-refractivity contribution in [2.24, 2.45) is 0 Å². The molecule has 2 aromatic carbocycles. The molecular formula is C16H14ClNO3. The van der Waals surface area contributed by atoms with Crippen LogP contribution >= 0.6 is 11.6 Å². The van der Waals surface area contributed by atoms with Gasteiger partial charge in [0.25, 0.3) is 0 Å². The van der Waals surface area contributed by atoms with Crippen LogP contribution in [0, 0.1) is 0 Å². The van der Waals surface area contributed by atoms with Crippen molar-refractivity contribution in [1.82, 2.24) is 0 Å². The zero-order chi connectivity index (χ0) is 15.0. The topological polar surface area (TPSA) is 61.5 Å². The van der Waals surface area contributed by atoms with E-state index in [9.17, 15) is 4.79 Å². The third-order valence-electron chi connectivity index (χ3n) is 3.48. The summed E-state index contributed by atoms with van der Waals surface area (Å²) in [5, 5.41) is 0.433. The number of fused-ring (bicyclic) bond motifs is 1. The van der Waals surface area contributed by atoms with Gasteiger partial charge in [0.05, 0.1) is 24.8 Å². The summed E-state index contributed by atoms with van der Waals surface area (Å²) in [4.78, 5) is 12.3. The molecule has 1 heterocycles. The van der Waals surface area contributed by atoms with Crippen LogP contribution in [0.5, 0.6) is 11.5 Å². The first-order chi connectivity index (χ1) is 10.1. The van der Waals surface area contributed by atoms with Crippen LogP contribution in [0.2, 0.25) is 5.02 Å². The number of Topliss-reactive ketones (excluding diaryl/α,β-unsaturated/α-hetero) is 1. The van der Waals surface area contributed by atoms with Crippen LogP contribution in [0.15, 0.2) is 36.4 Å². The number of ether oxygens (including phenoxy) is 2. The number of ketones is 1. The SMILES string of the molecule is COc1cccc(C2CC(=O)c3cc(Cl)cc(N)c3O2)c1. The minimum atomic E-state index is -0.372. The first-order valence-corrected chi connectivity index (χ1v) is 6.89. The molecule has 1 unspecified atom stereocenters. The lowest BCUT2D eigenvalue weighted by Gasteiger charge is -2.27. The molecule has 0 bridgehead atoms. The van der Waals surface area contributed by atoms with Crippen LogP contribution in [0.3, 0.4) is 0 Å². The van der Waals surface area contributed by atoms with Gasteiger partial charge in [0.2, 0.25) is 0 Å². The second-order valence-electron chi connectivity index (χ2n) is 4.88. The van der Waals surface area contributed by atoms with Crippen molar-refractivity contribution < 1.29 is 14.3 Å². The third kappa shape index (κ3) is 2.54. The molecule has 0 fully saturated rings. The summed E-state index contributed by atoms with van der Waals surface area (Å²) in [7, 11) is 1.60. The van der Waals surface area contributed by atoms with Gasteiger partial charge in [-0.05, 0) is 29.8 Å². The van der Waals surface area contributed by atoms with Gasteiger partial charge in [0.15, 0.2) is 11.5 Å². The number of hydrogen-bond donors (Lipinski definition) is 1. The number of benzene rings is 2. The van der Waals surface area contributed by atoms with Crippen molar-refractivity contribution in [3.05, 3.63) is 52.5 Å². The van der Waals surface area contributed by atoms with E-state index >= 15 is 0 Å². The Morgan fingerprint density at radius 2 is 2.14 bits per heavy atom. The monoisotopic (exact) mass is 303 g/mol. The lowest BCUT2D eigenvalue weighted by molar-refractivity contribution is 0.0851. The van der Waals surface area contributed by atoms with E-state index in [1.165, 1.54) is 0 Å². The average molecular weight is 304 g/mol. The molecule has 0 aromatic heterocycles. The van der Waals surface area contributed by atoms with Crippen molar-refractivity contribution in [2.45, 2.75) is 12.5 Å². The Labute approximate surface area is 127 Å². The molecule has 0 spiro atoms. The lowest BCUT2D eigenvalue weighted by Crippen LogP contribution is -2.21. The van der Waals surface area contributed by atoms with Gasteiger partial charge < -0.3 is 15.2 Å². The summed E-state index contributed by atoms with van der Waals surface area (Å²) in [6, 6.07) is 10.6. The molecule has 1 aliphatic heterocycles. The van der Waals surface area contributed by atoms with Gasteiger partial charge in [-0.15, -0.1) is 0 Å². The smallest absolute Gasteiger partial charge is 0.170 e. The normalized spacial score (nSPS) is 17.0. The summed E-state index contributed by atoms with van der Waals surface area (Å²) >= 11 is 5.94. The summed E-state index contributed by atoms with van der Waals surface area (Å²) in [5.74, 6) is 1.10. The lowest BCUT2D eigenvalue weighted by atomic mass is 9.95. The van der Waals surface area contributed by atoms with Crippen molar-refractivity contribution in [3.63, 3.8) is 0 Å². The number of carbonyl (C=O) groups is 1. The van der Waals surface area contributed by atoms with E-state index in [4.69, 9.17) is 26.8 Å². The quantitative estimate of drug-likeness (QED) is 0.860. The van der Waals surface area contributed by atoms with Gasteiger partial charge in [-0.2, -0.15) is 0 Å². The maximum Gasteiger partial charge on any atom is 0.170 e. The second-order valence-corrected chi connectivity index (χ2v) is 5.32. The Morgan fingerprint density at radius 3 is 2.90 bits per heavy atom. The number of hydrogen-bond acceptors (Lipinski definition) is 4. The molecule has 108 valence electrons. The van der Waals surface area contributed by atoms with Crippen LogP contribution in [-0.4, -0.2) is 12.9 Å². The molecule has 0 aliphatic carbocycles. The van der Waals surface area contributed by atoms with Crippen LogP contribution < -0.4 is 15.2 Å². The van der Waals surface area contributed by atoms with Crippen molar-refractivity contribution in [1.29, 1.82) is 0 Å². The molecule has 0 radical (unpaired) electrons. The minimum Gasteiger partial charge on any atom is -0.497 e. The van der Waals surface area contributed by atoms with Crippen LogP contribution in [0.25, 0.3) is 0 Å². The highest BCUT2D eigenvalue weighted by Gasteiger charge is 2.29. The third-order valence-corrected chi connectivity index (χ3v) is 3.70. The van der Waals surface area contributed by atoms with Gasteiger partial charge in [0, 0.05) is 5.02 Å². The molecule has 0 amide bonds. The van der Waals surface area contributed by atoms with Gasteiger partial charge in [-0.3, -0.25) is 4.79 Å². The van der Waals surface area contributed by atoms with Crippen LogP contribution in [0.1, 0.15) is 28.4 Å². The predicted molar refractivity (Wildman–Crippen MR) is 81.2 cm³/mol. The maximum absolute atomic E-state index is 12.3. The number of rotatable bonds is 2. The largest absolute Gasteiger partial charge is 0.497 e. The second kappa shape index (κ2) is 5.30. The molecule has 0 saturated carbocycles. The summed E-state index contributed by atoms with van der Waals surface area (Å²) < 4.78 is 11.1. The predicted octanol–water partition coefficient (Wildman–Crippen LogP) is 3.64. The van der Waals surface area contributed by atoms with Crippen molar-refractivity contribution in [2.75, 3.05) is 12.8 Å². The molecule has 1 aliphatic rings. The van der Waals surface area contributed by atoms with Gasteiger partial charge in [-0.25, -0.2) is 0 Å². The summed E-state index contributed by atoms with van der Waals surface area (Å²) in [6.45, 7) is 0. The maximum atomic E-state index is 12.3. The Balaban J connectivity index is 2.00. The zero-order valence-electron chi connectivity index (χ0n) is 11.4. The summed E-state index contributed by atoms with van der Waals surface area (Å²) in [6.07, 6.45) is -0.122. The molecule has 4 nitrogen and oxygen atoms in total. The molecule has 1 atom stereocenters. The van der Waals surface area contributed by atoms with Crippen LogP contribution in [0.4, 0.5) is 5.69 Å².